The highest BCUT2D eigenvalue weighted by molar-refractivity contribution is 5.87. The second-order valence-corrected chi connectivity index (χ2v) is 4.96. The zero-order valence-electron chi connectivity index (χ0n) is 10.8. The molecule has 4 heteroatoms. The van der Waals surface area contributed by atoms with E-state index in [-0.39, 0.29) is 5.97 Å². The highest BCUT2D eigenvalue weighted by Crippen LogP contribution is 2.25. The number of imidazole rings is 1. The number of carbonyl (C=O) groups is 1. The zero-order valence-corrected chi connectivity index (χ0v) is 10.8. The lowest BCUT2D eigenvalue weighted by Gasteiger charge is -2.26. The monoisotopic (exact) mass is 236 g/mol. The average Bonchev–Trinajstić information content (AvgIpc) is 2.71. The van der Waals surface area contributed by atoms with Gasteiger partial charge in [-0.2, -0.15) is 0 Å². The smallest absolute Gasteiger partial charge is 0.358 e. The quantitative estimate of drug-likeness (QED) is 0.756. The molecule has 0 aliphatic carbocycles. The normalized spacial score (nSPS) is 19.2. The van der Waals surface area contributed by atoms with Gasteiger partial charge in [-0.05, 0) is 25.2 Å². The summed E-state index contributed by atoms with van der Waals surface area (Å²) < 4.78 is 7.08. The van der Waals surface area contributed by atoms with Crippen LogP contribution in [0.15, 0.2) is 6.20 Å². The summed E-state index contributed by atoms with van der Waals surface area (Å²) in [7, 11) is 0. The molecule has 1 aromatic rings. The van der Waals surface area contributed by atoms with Crippen molar-refractivity contribution in [1.82, 2.24) is 9.55 Å². The van der Waals surface area contributed by atoms with Gasteiger partial charge < -0.3 is 9.30 Å². The van der Waals surface area contributed by atoms with E-state index in [0.29, 0.717) is 24.1 Å². The summed E-state index contributed by atoms with van der Waals surface area (Å²) in [6.07, 6.45) is 3.96. The van der Waals surface area contributed by atoms with E-state index in [1.807, 2.05) is 13.1 Å². The fourth-order valence-corrected chi connectivity index (χ4v) is 2.32. The first kappa shape index (κ1) is 12.1. The summed E-state index contributed by atoms with van der Waals surface area (Å²) in [4.78, 5) is 15.9. The third-order valence-electron chi connectivity index (χ3n) is 3.46. The van der Waals surface area contributed by atoms with Gasteiger partial charge in [0.2, 0.25) is 0 Å². The van der Waals surface area contributed by atoms with E-state index in [4.69, 9.17) is 4.74 Å². The molecule has 94 valence electrons. The largest absolute Gasteiger partial charge is 0.461 e. The van der Waals surface area contributed by atoms with Crippen LogP contribution in [0.5, 0.6) is 0 Å². The molecule has 1 aliphatic rings. The van der Waals surface area contributed by atoms with Crippen LogP contribution in [0.2, 0.25) is 0 Å². The molecule has 0 bridgehead atoms. The first-order valence-corrected chi connectivity index (χ1v) is 6.35. The van der Waals surface area contributed by atoms with Gasteiger partial charge in [-0.1, -0.05) is 13.8 Å². The Bertz CT molecular complexity index is 410. The topological polar surface area (TPSA) is 44.1 Å². The van der Waals surface area contributed by atoms with Crippen molar-refractivity contribution in [2.45, 2.75) is 40.2 Å². The molecule has 17 heavy (non-hydrogen) atoms. The Labute approximate surface area is 102 Å². The minimum absolute atomic E-state index is 0.310. The number of ether oxygens (including phenoxy) is 1. The molecule has 1 aromatic heterocycles. The molecule has 2 rings (SSSR count). The van der Waals surface area contributed by atoms with Crippen molar-refractivity contribution >= 4 is 5.97 Å². The van der Waals surface area contributed by atoms with Crippen molar-refractivity contribution in [2.75, 3.05) is 6.61 Å². The Morgan fingerprint density at radius 3 is 3.06 bits per heavy atom. The van der Waals surface area contributed by atoms with Gasteiger partial charge in [-0.25, -0.2) is 9.78 Å². The van der Waals surface area contributed by atoms with Gasteiger partial charge in [0.25, 0.3) is 0 Å². The maximum Gasteiger partial charge on any atom is 0.358 e. The second-order valence-electron chi connectivity index (χ2n) is 4.96. The minimum atomic E-state index is -0.310. The molecule has 0 spiro atoms. The standard InChI is InChI=1S/C13H20N2O2/c1-4-17-13(16)11-8-15-7-10(9(2)3)5-6-12(15)14-11/h8-10H,4-7H2,1-3H3. The van der Waals surface area contributed by atoms with Crippen molar-refractivity contribution in [1.29, 1.82) is 0 Å². The summed E-state index contributed by atoms with van der Waals surface area (Å²) in [6.45, 7) is 7.68. The van der Waals surface area contributed by atoms with Crippen LogP contribution in [0, 0.1) is 11.8 Å². The van der Waals surface area contributed by atoms with Gasteiger partial charge in [-0.15, -0.1) is 0 Å². The molecule has 0 aromatic carbocycles. The Kier molecular flexibility index (Phi) is 3.50. The molecule has 4 nitrogen and oxygen atoms in total. The Morgan fingerprint density at radius 2 is 2.41 bits per heavy atom. The number of aryl methyl sites for hydroxylation is 1. The summed E-state index contributed by atoms with van der Waals surface area (Å²) in [5.41, 5.74) is 0.450. The summed E-state index contributed by atoms with van der Waals surface area (Å²) in [5, 5.41) is 0. The Balaban J connectivity index is 2.14. The van der Waals surface area contributed by atoms with Gasteiger partial charge in [0.1, 0.15) is 5.82 Å². The van der Waals surface area contributed by atoms with Gasteiger partial charge in [-0.3, -0.25) is 0 Å². The summed E-state index contributed by atoms with van der Waals surface area (Å²) >= 11 is 0. The first-order valence-electron chi connectivity index (χ1n) is 6.35. The van der Waals surface area contributed by atoms with Gasteiger partial charge in [0, 0.05) is 19.2 Å². The SMILES string of the molecule is CCOC(=O)c1cn2c(n1)CCC(C(C)C)C2. The Morgan fingerprint density at radius 1 is 1.65 bits per heavy atom. The molecule has 1 aliphatic heterocycles. The van der Waals surface area contributed by atoms with Crippen LogP contribution in [0.1, 0.15) is 43.5 Å². The van der Waals surface area contributed by atoms with E-state index in [9.17, 15) is 4.79 Å². The second kappa shape index (κ2) is 4.90. The number of esters is 1. The molecule has 1 atom stereocenters. The van der Waals surface area contributed by atoms with Gasteiger partial charge in [0.15, 0.2) is 5.69 Å². The van der Waals surface area contributed by atoms with E-state index in [2.05, 4.69) is 23.4 Å². The van der Waals surface area contributed by atoms with E-state index in [0.717, 1.165) is 25.2 Å². The third-order valence-corrected chi connectivity index (χ3v) is 3.46. The molecule has 0 saturated heterocycles. The zero-order chi connectivity index (χ0) is 12.4. The van der Waals surface area contributed by atoms with E-state index >= 15 is 0 Å². The highest BCUT2D eigenvalue weighted by atomic mass is 16.5. The van der Waals surface area contributed by atoms with E-state index in [1.165, 1.54) is 0 Å². The van der Waals surface area contributed by atoms with E-state index in [1.54, 1.807) is 0 Å². The number of hydrogen-bond donors (Lipinski definition) is 0. The van der Waals surface area contributed by atoms with Crippen LogP contribution in [0.25, 0.3) is 0 Å². The maximum absolute atomic E-state index is 11.6. The van der Waals surface area contributed by atoms with Crippen molar-refractivity contribution in [3.05, 3.63) is 17.7 Å². The van der Waals surface area contributed by atoms with Crippen LogP contribution in [-0.2, 0) is 17.7 Å². The van der Waals surface area contributed by atoms with Crippen LogP contribution in [-0.4, -0.2) is 22.1 Å². The number of rotatable bonds is 3. The van der Waals surface area contributed by atoms with Gasteiger partial charge >= 0.3 is 5.97 Å². The van der Waals surface area contributed by atoms with E-state index < -0.39 is 0 Å². The molecular weight excluding hydrogens is 216 g/mol. The van der Waals surface area contributed by atoms with Crippen molar-refractivity contribution in [2.24, 2.45) is 11.8 Å². The average molecular weight is 236 g/mol. The minimum Gasteiger partial charge on any atom is -0.461 e. The van der Waals surface area contributed by atoms with Gasteiger partial charge in [0.05, 0.1) is 6.61 Å². The van der Waals surface area contributed by atoms with Crippen LogP contribution >= 0.6 is 0 Å². The van der Waals surface area contributed by atoms with Crippen molar-refractivity contribution < 1.29 is 9.53 Å². The lowest BCUT2D eigenvalue weighted by molar-refractivity contribution is 0.0520. The molecule has 0 amide bonds. The predicted molar refractivity (Wildman–Crippen MR) is 64.8 cm³/mol. The first-order chi connectivity index (χ1) is 8.11. The van der Waals surface area contributed by atoms with Crippen LogP contribution in [0.4, 0.5) is 0 Å². The van der Waals surface area contributed by atoms with Crippen molar-refractivity contribution in [3.8, 4) is 0 Å². The molecule has 1 unspecified atom stereocenters. The fourth-order valence-electron chi connectivity index (χ4n) is 2.32. The molecule has 0 N–H and O–H groups in total. The lowest BCUT2D eigenvalue weighted by atomic mass is 9.89. The van der Waals surface area contributed by atoms with Crippen molar-refractivity contribution in [3.63, 3.8) is 0 Å². The van der Waals surface area contributed by atoms with Crippen LogP contribution in [0.3, 0.4) is 0 Å². The lowest BCUT2D eigenvalue weighted by Crippen LogP contribution is -2.23. The molecule has 0 saturated carbocycles. The number of fused-ring (bicyclic) bond motifs is 1. The number of aromatic nitrogens is 2. The number of carbonyl (C=O) groups excluding carboxylic acids is 1. The fraction of sp³-hybridized carbons (Fsp3) is 0.692. The molecular formula is C13H20N2O2. The number of hydrogen-bond acceptors (Lipinski definition) is 3. The predicted octanol–water partition coefficient (Wildman–Crippen LogP) is 2.28. The molecule has 0 fully saturated rings. The van der Waals surface area contributed by atoms with Crippen LogP contribution < -0.4 is 0 Å². The highest BCUT2D eigenvalue weighted by Gasteiger charge is 2.24. The molecule has 0 radical (unpaired) electrons. The summed E-state index contributed by atoms with van der Waals surface area (Å²) in [5.74, 6) is 2.07. The maximum atomic E-state index is 11.6. The third kappa shape index (κ3) is 2.51. The summed E-state index contributed by atoms with van der Waals surface area (Å²) in [6, 6.07) is 0. The number of nitrogens with zero attached hydrogens (tertiary/aromatic N) is 2. The molecule has 2 heterocycles. The Hall–Kier alpha value is -1.32.